The van der Waals surface area contributed by atoms with E-state index in [0.29, 0.717) is 19.8 Å². The zero-order valence-electron chi connectivity index (χ0n) is 11.4. The van der Waals surface area contributed by atoms with E-state index in [1.54, 1.807) is 4.90 Å². The molecular formula is C13H19F2NO3. The largest absolute Gasteiger partial charge is 0.376 e. The van der Waals surface area contributed by atoms with Gasteiger partial charge < -0.3 is 14.4 Å². The van der Waals surface area contributed by atoms with Gasteiger partial charge in [0.2, 0.25) is 5.91 Å². The number of ether oxygens (including phenoxy) is 2. The van der Waals surface area contributed by atoms with E-state index >= 15 is 0 Å². The minimum absolute atomic E-state index is 0.205. The summed E-state index contributed by atoms with van der Waals surface area (Å²) in [6.45, 7) is 6.22. The summed E-state index contributed by atoms with van der Waals surface area (Å²) in [5, 5.41) is 0. The molecule has 3 atom stereocenters. The molecule has 0 aromatic rings. The molecule has 3 aliphatic rings. The minimum Gasteiger partial charge on any atom is -0.376 e. The van der Waals surface area contributed by atoms with Crippen LogP contribution in [0.2, 0.25) is 0 Å². The SMILES string of the molecule is CC1(C)CN(C(=O)C2(C)CC2(F)F)[C@@H]2COC[C@H]2O1. The first-order valence-electron chi connectivity index (χ1n) is 6.61. The topological polar surface area (TPSA) is 38.8 Å². The summed E-state index contributed by atoms with van der Waals surface area (Å²) >= 11 is 0. The van der Waals surface area contributed by atoms with Crippen LogP contribution in [0.4, 0.5) is 8.78 Å². The van der Waals surface area contributed by atoms with Crippen LogP contribution in [0.25, 0.3) is 0 Å². The minimum atomic E-state index is -2.87. The smallest absolute Gasteiger partial charge is 0.263 e. The van der Waals surface area contributed by atoms with Crippen molar-refractivity contribution in [3.63, 3.8) is 0 Å². The van der Waals surface area contributed by atoms with Crippen molar-refractivity contribution < 1.29 is 23.0 Å². The van der Waals surface area contributed by atoms with Crippen LogP contribution in [-0.2, 0) is 14.3 Å². The second kappa shape index (κ2) is 3.67. The lowest BCUT2D eigenvalue weighted by atomic mass is 9.97. The number of amides is 1. The van der Waals surface area contributed by atoms with E-state index in [4.69, 9.17) is 9.47 Å². The Labute approximate surface area is 111 Å². The standard InChI is InChI=1S/C13H19F2NO3/c1-11(2)7-16(8-4-18-5-9(8)19-11)10(17)12(3)6-13(12,14)15/h8-9H,4-7H2,1-3H3/t8-,9-,12?/m1/s1. The van der Waals surface area contributed by atoms with Crippen molar-refractivity contribution in [2.45, 2.75) is 50.9 Å². The van der Waals surface area contributed by atoms with Crippen LogP contribution in [0.3, 0.4) is 0 Å². The van der Waals surface area contributed by atoms with Crippen molar-refractivity contribution in [2.24, 2.45) is 5.41 Å². The average molecular weight is 275 g/mol. The van der Waals surface area contributed by atoms with Gasteiger partial charge in [0.15, 0.2) is 0 Å². The number of hydrogen-bond donors (Lipinski definition) is 0. The molecule has 1 aliphatic carbocycles. The number of morpholine rings is 1. The van der Waals surface area contributed by atoms with Crippen LogP contribution in [0, 0.1) is 5.41 Å². The van der Waals surface area contributed by atoms with Gasteiger partial charge in [-0.2, -0.15) is 0 Å². The maximum absolute atomic E-state index is 13.4. The van der Waals surface area contributed by atoms with Crippen LogP contribution in [0.1, 0.15) is 27.2 Å². The van der Waals surface area contributed by atoms with E-state index < -0.39 is 22.8 Å². The summed E-state index contributed by atoms with van der Waals surface area (Å²) < 4.78 is 38.0. The Bertz CT molecular complexity index is 426. The molecule has 0 aromatic heterocycles. The molecule has 2 saturated heterocycles. The lowest BCUT2D eigenvalue weighted by Crippen LogP contribution is -2.61. The number of halogens is 2. The molecule has 2 aliphatic heterocycles. The van der Waals surface area contributed by atoms with Gasteiger partial charge in [-0.05, 0) is 20.8 Å². The van der Waals surface area contributed by atoms with Gasteiger partial charge in [-0.3, -0.25) is 4.79 Å². The number of carbonyl (C=O) groups is 1. The molecule has 3 fully saturated rings. The quantitative estimate of drug-likeness (QED) is 0.727. The van der Waals surface area contributed by atoms with E-state index in [-0.39, 0.29) is 18.6 Å². The van der Waals surface area contributed by atoms with E-state index in [2.05, 4.69) is 0 Å². The summed E-state index contributed by atoms with van der Waals surface area (Å²) in [6, 6.07) is -0.228. The van der Waals surface area contributed by atoms with Gasteiger partial charge in [-0.15, -0.1) is 0 Å². The number of alkyl halides is 2. The van der Waals surface area contributed by atoms with Gasteiger partial charge in [0, 0.05) is 13.0 Å². The van der Waals surface area contributed by atoms with Crippen molar-refractivity contribution in [1.29, 1.82) is 0 Å². The zero-order chi connectivity index (χ0) is 14.1. The van der Waals surface area contributed by atoms with Gasteiger partial charge >= 0.3 is 0 Å². The lowest BCUT2D eigenvalue weighted by molar-refractivity contribution is -0.175. The molecule has 1 amide bonds. The van der Waals surface area contributed by atoms with Crippen molar-refractivity contribution in [3.05, 3.63) is 0 Å². The number of hydrogen-bond acceptors (Lipinski definition) is 3. The summed E-state index contributed by atoms with van der Waals surface area (Å²) in [6.07, 6.45) is -0.557. The van der Waals surface area contributed by atoms with Gasteiger partial charge in [0.1, 0.15) is 11.5 Å². The summed E-state index contributed by atoms with van der Waals surface area (Å²) in [7, 11) is 0. The number of rotatable bonds is 1. The fourth-order valence-corrected chi connectivity index (χ4v) is 3.07. The third kappa shape index (κ3) is 1.88. The maximum Gasteiger partial charge on any atom is 0.263 e. The summed E-state index contributed by atoms with van der Waals surface area (Å²) in [5.41, 5.74) is -2.06. The molecule has 0 aromatic carbocycles. The highest BCUT2D eigenvalue weighted by atomic mass is 19.3. The molecule has 0 N–H and O–H groups in total. The maximum atomic E-state index is 13.4. The normalized spacial score (nSPS) is 42.9. The monoisotopic (exact) mass is 275 g/mol. The first-order valence-corrected chi connectivity index (χ1v) is 6.61. The van der Waals surface area contributed by atoms with Gasteiger partial charge in [-0.1, -0.05) is 0 Å². The Hall–Kier alpha value is -0.750. The predicted octanol–water partition coefficient (Wildman–Crippen LogP) is 1.44. The number of fused-ring (bicyclic) bond motifs is 1. The second-order valence-electron chi connectivity index (χ2n) is 6.67. The predicted molar refractivity (Wildman–Crippen MR) is 62.9 cm³/mol. The van der Waals surface area contributed by atoms with E-state index in [9.17, 15) is 13.6 Å². The summed E-state index contributed by atoms with van der Waals surface area (Å²) in [5.74, 6) is -3.34. The van der Waals surface area contributed by atoms with Crippen molar-refractivity contribution in [1.82, 2.24) is 4.90 Å². The molecule has 3 rings (SSSR count). The average Bonchev–Trinajstić information content (AvgIpc) is 2.64. The molecule has 2 heterocycles. The van der Waals surface area contributed by atoms with E-state index in [1.165, 1.54) is 6.92 Å². The summed E-state index contributed by atoms with van der Waals surface area (Å²) in [4.78, 5) is 14.0. The lowest BCUT2D eigenvalue weighted by Gasteiger charge is -2.45. The third-order valence-electron chi connectivity index (χ3n) is 4.41. The molecule has 1 unspecified atom stereocenters. The molecule has 0 radical (unpaired) electrons. The highest BCUT2D eigenvalue weighted by Gasteiger charge is 2.74. The third-order valence-corrected chi connectivity index (χ3v) is 4.41. The van der Waals surface area contributed by atoms with Gasteiger partial charge in [0.25, 0.3) is 5.92 Å². The van der Waals surface area contributed by atoms with Gasteiger partial charge in [-0.25, -0.2) is 8.78 Å². The first-order chi connectivity index (χ1) is 8.66. The molecule has 0 spiro atoms. The highest BCUT2D eigenvalue weighted by molar-refractivity contribution is 5.87. The number of nitrogens with zero attached hydrogens (tertiary/aromatic N) is 1. The molecule has 108 valence electrons. The molecule has 0 bridgehead atoms. The fourth-order valence-electron chi connectivity index (χ4n) is 3.07. The van der Waals surface area contributed by atoms with Gasteiger partial charge in [0.05, 0.1) is 24.9 Å². The van der Waals surface area contributed by atoms with Crippen LogP contribution in [0.15, 0.2) is 0 Å². The molecule has 1 saturated carbocycles. The van der Waals surface area contributed by atoms with Crippen LogP contribution in [0.5, 0.6) is 0 Å². The first kappa shape index (κ1) is 13.2. The zero-order valence-corrected chi connectivity index (χ0v) is 11.4. The second-order valence-corrected chi connectivity index (χ2v) is 6.67. The van der Waals surface area contributed by atoms with Crippen molar-refractivity contribution in [3.8, 4) is 0 Å². The Morgan fingerprint density at radius 3 is 2.47 bits per heavy atom. The molecular weight excluding hydrogens is 256 g/mol. The van der Waals surface area contributed by atoms with Crippen LogP contribution >= 0.6 is 0 Å². The van der Waals surface area contributed by atoms with E-state index in [0.717, 1.165) is 0 Å². The fraction of sp³-hybridized carbons (Fsp3) is 0.923. The Balaban J connectivity index is 1.84. The van der Waals surface area contributed by atoms with Crippen molar-refractivity contribution in [2.75, 3.05) is 19.8 Å². The van der Waals surface area contributed by atoms with Crippen LogP contribution < -0.4 is 0 Å². The molecule has 4 nitrogen and oxygen atoms in total. The molecule has 6 heteroatoms. The van der Waals surface area contributed by atoms with Crippen LogP contribution in [-0.4, -0.2) is 54.2 Å². The Morgan fingerprint density at radius 1 is 1.26 bits per heavy atom. The van der Waals surface area contributed by atoms with E-state index in [1.807, 2.05) is 13.8 Å². The highest BCUT2D eigenvalue weighted by Crippen LogP contribution is 2.61. The Kier molecular flexibility index (Phi) is 2.56. The Morgan fingerprint density at radius 2 is 1.89 bits per heavy atom. The number of carbonyl (C=O) groups excluding carboxylic acids is 1. The van der Waals surface area contributed by atoms with Crippen molar-refractivity contribution >= 4 is 5.91 Å². The molecule has 19 heavy (non-hydrogen) atoms.